The predicted molar refractivity (Wildman–Crippen MR) is 148 cm³/mol. The van der Waals surface area contributed by atoms with Gasteiger partial charge >= 0.3 is 0 Å². The molecule has 0 spiro atoms. The topological polar surface area (TPSA) is 73.6 Å². The molecule has 0 aromatic heterocycles. The first-order chi connectivity index (χ1) is 16.7. The predicted octanol–water partition coefficient (Wildman–Crippen LogP) is 7.32. The summed E-state index contributed by atoms with van der Waals surface area (Å²) in [6.45, 7) is 15.2. The normalized spacial score (nSPS) is 18.6. The van der Waals surface area contributed by atoms with E-state index in [9.17, 15) is 9.90 Å². The Morgan fingerprint density at radius 3 is 2.17 bits per heavy atom. The first kappa shape index (κ1) is 28.0. The summed E-state index contributed by atoms with van der Waals surface area (Å²) in [5.41, 5.74) is 2.47. The molecular weight excluding hydrogens is 472 g/mol. The highest BCUT2D eigenvalue weighted by Crippen LogP contribution is 2.41. The van der Waals surface area contributed by atoms with Gasteiger partial charge < -0.3 is 14.7 Å². The van der Waals surface area contributed by atoms with Gasteiger partial charge in [0, 0.05) is 29.2 Å². The zero-order chi connectivity index (χ0) is 27.0. The summed E-state index contributed by atoms with van der Waals surface area (Å²) in [7, 11) is 1.59. The van der Waals surface area contributed by atoms with Crippen molar-refractivity contribution in [2.75, 3.05) is 20.2 Å². The van der Waals surface area contributed by atoms with Gasteiger partial charge in [-0.15, -0.1) is 0 Å². The number of benzene rings is 2. The van der Waals surface area contributed by atoms with Gasteiger partial charge in [0.1, 0.15) is 17.3 Å². The molecule has 1 aliphatic heterocycles. The van der Waals surface area contributed by atoms with Crippen LogP contribution >= 0.6 is 11.6 Å². The lowest BCUT2D eigenvalue weighted by molar-refractivity contribution is 0.0963. The Morgan fingerprint density at radius 2 is 1.69 bits per heavy atom. The molecule has 0 unspecified atom stereocenters. The summed E-state index contributed by atoms with van der Waals surface area (Å²) < 4.78 is 5.30. The maximum Gasteiger partial charge on any atom is 0.182 e. The van der Waals surface area contributed by atoms with E-state index in [1.807, 2.05) is 76.8 Å². The Morgan fingerprint density at radius 1 is 1.11 bits per heavy atom. The van der Waals surface area contributed by atoms with Crippen LogP contribution in [0, 0.1) is 11.3 Å². The molecular formula is C30H41ClN2O3. The first-order valence-corrected chi connectivity index (χ1v) is 13.1. The number of rotatable bonds is 7. The molecule has 2 aromatic rings. The number of hydrogen-bond donors (Lipinski definition) is 2. The van der Waals surface area contributed by atoms with Crippen LogP contribution in [0.5, 0.6) is 11.5 Å². The number of carbonyl (C=O) groups is 1. The zero-order valence-electron chi connectivity index (χ0n) is 23.0. The number of likely N-dealkylation sites (tertiary alicyclic amines) is 1. The Bertz CT molecular complexity index is 1110. The molecule has 0 bridgehead atoms. The Hall–Kier alpha value is -2.53. The van der Waals surface area contributed by atoms with Crippen molar-refractivity contribution < 1.29 is 14.6 Å². The number of Topliss-reactive ketones (excluding diaryl/α,β-unsaturated/α-hetero) is 1. The Kier molecular flexibility index (Phi) is 8.14. The van der Waals surface area contributed by atoms with E-state index in [-0.39, 0.29) is 40.7 Å². The second-order valence-corrected chi connectivity index (χ2v) is 12.4. The van der Waals surface area contributed by atoms with Gasteiger partial charge in [0.25, 0.3) is 0 Å². The molecule has 2 aromatic carbocycles. The number of carbonyl (C=O) groups excluding carboxylic acids is 1. The minimum absolute atomic E-state index is 0.0422. The van der Waals surface area contributed by atoms with Gasteiger partial charge in [-0.25, -0.2) is 0 Å². The third kappa shape index (κ3) is 5.72. The van der Waals surface area contributed by atoms with Crippen molar-refractivity contribution >= 4 is 23.2 Å². The van der Waals surface area contributed by atoms with Crippen molar-refractivity contribution in [1.29, 1.82) is 5.41 Å². The molecule has 5 nitrogen and oxygen atoms in total. The van der Waals surface area contributed by atoms with Crippen LogP contribution in [0.3, 0.4) is 0 Å². The molecule has 0 amide bonds. The summed E-state index contributed by atoms with van der Waals surface area (Å²) >= 11 is 6.41. The number of ether oxygens (including phenoxy) is 1. The molecule has 36 heavy (non-hydrogen) atoms. The molecule has 1 fully saturated rings. The number of aromatic hydroxyl groups is 1. The summed E-state index contributed by atoms with van der Waals surface area (Å²) in [6.07, 6.45) is 1.96. The monoisotopic (exact) mass is 512 g/mol. The lowest BCUT2D eigenvalue weighted by atomic mass is 9.78. The first-order valence-electron chi connectivity index (χ1n) is 12.8. The molecule has 1 heterocycles. The fourth-order valence-corrected chi connectivity index (χ4v) is 5.46. The average molecular weight is 513 g/mol. The summed E-state index contributed by atoms with van der Waals surface area (Å²) in [5, 5.41) is 20.6. The maximum atomic E-state index is 13.6. The maximum absolute atomic E-state index is 13.6. The Labute approximate surface area is 221 Å². The standard InChI is InChI=1S/C30H41ClN2O3/c1-9-10-19-16-33(28(32)26(19)18-11-12-25(36-8)23(31)15-18)17-24(34)20-13-21(29(2,3)4)27(35)22(14-20)30(5,6)7/h11-15,19,26,32,35H,9-10,16-17H2,1-8H3/t19-,26-/m1/s1. The smallest absolute Gasteiger partial charge is 0.182 e. The molecule has 0 saturated carbocycles. The number of ketones is 1. The zero-order valence-corrected chi connectivity index (χ0v) is 23.7. The van der Waals surface area contributed by atoms with Crippen molar-refractivity contribution in [1.82, 2.24) is 4.90 Å². The van der Waals surface area contributed by atoms with E-state index >= 15 is 0 Å². The highest BCUT2D eigenvalue weighted by atomic mass is 35.5. The van der Waals surface area contributed by atoms with Crippen LogP contribution < -0.4 is 4.74 Å². The highest BCUT2D eigenvalue weighted by molar-refractivity contribution is 6.32. The number of nitrogens with one attached hydrogen (secondary N) is 1. The van der Waals surface area contributed by atoms with Crippen LogP contribution in [0.1, 0.15) is 94.3 Å². The van der Waals surface area contributed by atoms with E-state index in [0.29, 0.717) is 28.7 Å². The molecule has 196 valence electrons. The van der Waals surface area contributed by atoms with Gasteiger partial charge in [0.2, 0.25) is 0 Å². The summed E-state index contributed by atoms with van der Waals surface area (Å²) in [5.74, 6) is 1.40. The van der Waals surface area contributed by atoms with E-state index in [2.05, 4.69) is 6.92 Å². The summed E-state index contributed by atoms with van der Waals surface area (Å²) in [4.78, 5) is 15.5. The largest absolute Gasteiger partial charge is 0.507 e. The lowest BCUT2D eigenvalue weighted by Gasteiger charge is -2.28. The van der Waals surface area contributed by atoms with Crippen LogP contribution in [0.2, 0.25) is 5.02 Å². The minimum Gasteiger partial charge on any atom is -0.507 e. The van der Waals surface area contributed by atoms with E-state index < -0.39 is 0 Å². The molecule has 0 radical (unpaired) electrons. The van der Waals surface area contributed by atoms with Gasteiger partial charge in [-0.3, -0.25) is 10.2 Å². The fourth-order valence-electron chi connectivity index (χ4n) is 5.19. The van der Waals surface area contributed by atoms with Gasteiger partial charge in [0.15, 0.2) is 5.78 Å². The van der Waals surface area contributed by atoms with E-state index in [4.69, 9.17) is 21.7 Å². The van der Waals surface area contributed by atoms with Crippen LogP contribution in [0.25, 0.3) is 0 Å². The van der Waals surface area contributed by atoms with Crippen LogP contribution in [0.4, 0.5) is 0 Å². The van der Waals surface area contributed by atoms with Gasteiger partial charge in [-0.05, 0) is 53.0 Å². The molecule has 1 saturated heterocycles. The van der Waals surface area contributed by atoms with Gasteiger partial charge in [-0.2, -0.15) is 0 Å². The van der Waals surface area contributed by atoms with Crippen molar-refractivity contribution in [3.8, 4) is 11.5 Å². The minimum atomic E-state index is -0.314. The molecule has 2 N–H and O–H groups in total. The fraction of sp³-hybridized carbons (Fsp3) is 0.533. The van der Waals surface area contributed by atoms with Crippen molar-refractivity contribution in [2.24, 2.45) is 5.92 Å². The van der Waals surface area contributed by atoms with Crippen molar-refractivity contribution in [3.05, 3.63) is 57.6 Å². The van der Waals surface area contributed by atoms with Crippen LogP contribution in [-0.2, 0) is 10.8 Å². The van der Waals surface area contributed by atoms with E-state index in [1.165, 1.54) is 0 Å². The van der Waals surface area contributed by atoms with Crippen molar-refractivity contribution in [3.63, 3.8) is 0 Å². The number of amidine groups is 1. The lowest BCUT2D eigenvalue weighted by Crippen LogP contribution is -2.32. The summed E-state index contributed by atoms with van der Waals surface area (Å²) in [6, 6.07) is 9.37. The molecule has 0 aliphatic carbocycles. The SMILES string of the molecule is CCC[C@@H]1CN(CC(=O)c2cc(C(C)(C)C)c(O)c(C(C)(C)C)c2)C(=N)[C@@H]1c1ccc(OC)c(Cl)c1. The second-order valence-electron chi connectivity index (χ2n) is 12.0. The number of halogens is 1. The third-order valence-corrected chi connectivity index (χ3v) is 7.43. The quantitative estimate of drug-likeness (QED) is 0.381. The number of phenols is 1. The third-order valence-electron chi connectivity index (χ3n) is 7.14. The average Bonchev–Trinajstić information content (AvgIpc) is 3.07. The van der Waals surface area contributed by atoms with Crippen LogP contribution in [-0.4, -0.2) is 41.8 Å². The Balaban J connectivity index is 1.94. The molecule has 6 heteroatoms. The number of methoxy groups -OCH3 is 1. The van der Waals surface area contributed by atoms with Crippen molar-refractivity contribution in [2.45, 2.75) is 78.1 Å². The molecule has 2 atom stereocenters. The number of nitrogens with zero attached hydrogens (tertiary/aromatic N) is 1. The molecule has 3 rings (SSSR count). The molecule has 1 aliphatic rings. The highest BCUT2D eigenvalue weighted by Gasteiger charge is 2.39. The van der Waals surface area contributed by atoms with Gasteiger partial charge in [0.05, 0.1) is 18.7 Å². The van der Waals surface area contributed by atoms with Gasteiger partial charge in [-0.1, -0.05) is 72.6 Å². The van der Waals surface area contributed by atoms with E-state index in [1.54, 1.807) is 7.11 Å². The number of phenolic OH excluding ortho intramolecular Hbond substituents is 1. The number of hydrogen-bond acceptors (Lipinski definition) is 4. The van der Waals surface area contributed by atoms with Crippen LogP contribution in [0.15, 0.2) is 30.3 Å². The second kappa shape index (κ2) is 10.5. The van der Waals surface area contributed by atoms with E-state index in [0.717, 1.165) is 29.5 Å².